The summed E-state index contributed by atoms with van der Waals surface area (Å²) in [7, 11) is 0. The Balaban J connectivity index is 1.54. The van der Waals surface area contributed by atoms with E-state index in [9.17, 15) is 18.0 Å². The van der Waals surface area contributed by atoms with Crippen molar-refractivity contribution in [2.24, 2.45) is 0 Å². The normalized spacial score (nSPS) is 14.4. The Morgan fingerprint density at radius 2 is 2.08 bits per heavy atom. The lowest BCUT2D eigenvalue weighted by atomic mass is 10.1. The lowest BCUT2D eigenvalue weighted by Gasteiger charge is -2.08. The summed E-state index contributed by atoms with van der Waals surface area (Å²) >= 11 is 2.95. The van der Waals surface area contributed by atoms with Crippen molar-refractivity contribution in [1.82, 2.24) is 15.3 Å². The zero-order valence-corrected chi connectivity index (χ0v) is 15.4. The monoisotopic (exact) mass is 402 g/mol. The maximum atomic E-state index is 12.4. The molecular weight excluding hydrogens is 385 g/mol. The molecule has 2 aromatic heterocycles. The van der Waals surface area contributed by atoms with Crippen molar-refractivity contribution in [2.45, 2.75) is 44.2 Å². The molecule has 1 aliphatic rings. The average Bonchev–Trinajstić information content (AvgIpc) is 3.11. The number of hydrogen-bond donors (Lipinski definition) is 2. The molecule has 0 radical (unpaired) electrons. The molecule has 0 aliphatic heterocycles. The van der Waals surface area contributed by atoms with Crippen LogP contribution in [0, 0.1) is 5.41 Å². The lowest BCUT2D eigenvalue weighted by Crippen LogP contribution is -2.26. The van der Waals surface area contributed by atoms with E-state index in [1.54, 1.807) is 6.20 Å². The number of nitrogens with one attached hydrogen (secondary N) is 2. The first-order chi connectivity index (χ1) is 12.4. The van der Waals surface area contributed by atoms with Gasteiger partial charge in [0.1, 0.15) is 11.4 Å². The van der Waals surface area contributed by atoms with Crippen LogP contribution in [0.3, 0.4) is 0 Å². The number of rotatable bonds is 8. The fourth-order valence-corrected chi connectivity index (χ4v) is 4.30. The minimum absolute atomic E-state index is 0.204. The molecule has 1 saturated carbocycles. The van der Waals surface area contributed by atoms with Gasteiger partial charge in [-0.1, -0.05) is 0 Å². The largest absolute Gasteiger partial charge is 0.428 e. The summed E-state index contributed by atoms with van der Waals surface area (Å²) < 4.78 is 36.7. The van der Waals surface area contributed by atoms with Crippen molar-refractivity contribution in [2.75, 3.05) is 6.54 Å². The fraction of sp³-hybridized carbons (Fsp3) is 0.500. The van der Waals surface area contributed by atoms with Crippen LogP contribution in [0.1, 0.15) is 53.4 Å². The molecule has 0 atom stereocenters. The SMILES string of the molecule is N=C(CCCCNC(=O)c1nc(-c2nccs2)sc1C1CC1)C(F)(F)F. The average molecular weight is 402 g/mol. The molecule has 5 nitrogen and oxygen atoms in total. The number of alkyl halides is 3. The van der Waals surface area contributed by atoms with Crippen LogP contribution in [-0.2, 0) is 0 Å². The Morgan fingerprint density at radius 3 is 2.69 bits per heavy atom. The molecule has 1 fully saturated rings. The second kappa shape index (κ2) is 7.83. The van der Waals surface area contributed by atoms with Crippen molar-refractivity contribution in [3.63, 3.8) is 0 Å². The molecule has 0 aromatic carbocycles. The maximum Gasteiger partial charge on any atom is 0.428 e. The number of aromatic nitrogens is 2. The van der Waals surface area contributed by atoms with Crippen molar-refractivity contribution in [3.05, 3.63) is 22.1 Å². The topological polar surface area (TPSA) is 78.7 Å². The highest BCUT2D eigenvalue weighted by atomic mass is 32.1. The van der Waals surface area contributed by atoms with Gasteiger partial charge in [0, 0.05) is 23.0 Å². The molecule has 2 aromatic rings. The van der Waals surface area contributed by atoms with Crippen molar-refractivity contribution in [1.29, 1.82) is 5.41 Å². The van der Waals surface area contributed by atoms with Gasteiger partial charge >= 0.3 is 6.18 Å². The second-order valence-corrected chi connectivity index (χ2v) is 7.96. The molecule has 1 aliphatic carbocycles. The number of carbonyl (C=O) groups is 1. The van der Waals surface area contributed by atoms with Gasteiger partial charge in [-0.05, 0) is 38.0 Å². The van der Waals surface area contributed by atoms with Gasteiger partial charge in [0.2, 0.25) is 0 Å². The van der Waals surface area contributed by atoms with Crippen LogP contribution in [0.15, 0.2) is 11.6 Å². The zero-order chi connectivity index (χ0) is 18.7. The lowest BCUT2D eigenvalue weighted by molar-refractivity contribution is -0.0613. The highest BCUT2D eigenvalue weighted by molar-refractivity contribution is 7.20. The van der Waals surface area contributed by atoms with E-state index in [0.29, 0.717) is 18.0 Å². The highest BCUT2D eigenvalue weighted by Gasteiger charge is 2.34. The Morgan fingerprint density at radius 1 is 1.31 bits per heavy atom. The standard InChI is InChI=1S/C16H17F3N4OS2/c17-16(18,19)10(20)3-1-2-6-21-13(24)11-12(9-4-5-9)26-15(23-11)14-22-7-8-25-14/h7-9,20H,1-6H2,(H,21,24). The summed E-state index contributed by atoms with van der Waals surface area (Å²) in [6.45, 7) is 0.262. The molecule has 3 rings (SSSR count). The predicted octanol–water partition coefficient (Wildman–Crippen LogP) is 4.63. The van der Waals surface area contributed by atoms with Gasteiger partial charge in [-0.3, -0.25) is 4.79 Å². The van der Waals surface area contributed by atoms with Crippen molar-refractivity contribution < 1.29 is 18.0 Å². The number of halogens is 3. The van der Waals surface area contributed by atoms with Crippen molar-refractivity contribution in [3.8, 4) is 10.0 Å². The summed E-state index contributed by atoms with van der Waals surface area (Å²) in [5.74, 6) is 0.0751. The number of thiazole rings is 2. The molecule has 0 bridgehead atoms. The van der Waals surface area contributed by atoms with Gasteiger partial charge in [0.05, 0.1) is 0 Å². The van der Waals surface area contributed by atoms with Gasteiger partial charge in [0.15, 0.2) is 10.0 Å². The van der Waals surface area contributed by atoms with Crippen LogP contribution in [0.5, 0.6) is 0 Å². The predicted molar refractivity (Wildman–Crippen MR) is 95.2 cm³/mol. The van der Waals surface area contributed by atoms with Gasteiger partial charge in [-0.15, -0.1) is 22.7 Å². The van der Waals surface area contributed by atoms with E-state index in [-0.39, 0.29) is 25.3 Å². The van der Waals surface area contributed by atoms with E-state index in [1.807, 2.05) is 5.38 Å². The molecule has 10 heteroatoms. The molecule has 0 spiro atoms. The first-order valence-electron chi connectivity index (χ1n) is 8.19. The molecule has 1 amide bonds. The third kappa shape index (κ3) is 4.67. The van der Waals surface area contributed by atoms with Gasteiger partial charge in [-0.2, -0.15) is 13.2 Å². The van der Waals surface area contributed by atoms with E-state index in [2.05, 4.69) is 15.3 Å². The third-order valence-electron chi connectivity index (χ3n) is 3.91. The van der Waals surface area contributed by atoms with Crippen LogP contribution in [0.4, 0.5) is 13.2 Å². The number of carbonyl (C=O) groups excluding carboxylic acids is 1. The van der Waals surface area contributed by atoms with E-state index < -0.39 is 11.9 Å². The zero-order valence-electron chi connectivity index (χ0n) is 13.7. The fourth-order valence-electron chi connectivity index (χ4n) is 2.39. The summed E-state index contributed by atoms with van der Waals surface area (Å²) in [6.07, 6.45) is -0.538. The minimum Gasteiger partial charge on any atom is -0.351 e. The first kappa shape index (κ1) is 19.0. The van der Waals surface area contributed by atoms with Crippen LogP contribution in [0.25, 0.3) is 10.0 Å². The van der Waals surface area contributed by atoms with E-state index in [1.165, 1.54) is 22.7 Å². The summed E-state index contributed by atoms with van der Waals surface area (Å²) in [5, 5.41) is 13.0. The van der Waals surface area contributed by atoms with E-state index in [4.69, 9.17) is 5.41 Å². The molecule has 2 heterocycles. The Kier molecular flexibility index (Phi) is 5.71. The maximum absolute atomic E-state index is 12.4. The molecule has 26 heavy (non-hydrogen) atoms. The minimum atomic E-state index is -4.56. The third-order valence-corrected chi connectivity index (χ3v) is 6.05. The smallest absolute Gasteiger partial charge is 0.351 e. The Bertz CT molecular complexity index is 782. The molecular formula is C16H17F3N4OS2. The second-order valence-electron chi connectivity index (χ2n) is 6.03. The Labute approximate surface area is 156 Å². The first-order valence-corrected chi connectivity index (χ1v) is 9.89. The molecule has 0 unspecified atom stereocenters. The van der Waals surface area contributed by atoms with Crippen LogP contribution >= 0.6 is 22.7 Å². The summed E-state index contributed by atoms with van der Waals surface area (Å²) in [4.78, 5) is 22.1. The molecule has 140 valence electrons. The quantitative estimate of drug-likeness (QED) is 0.499. The Hall–Kier alpha value is -1.81. The highest BCUT2D eigenvalue weighted by Crippen LogP contribution is 2.46. The van der Waals surface area contributed by atoms with Gasteiger partial charge < -0.3 is 10.7 Å². The van der Waals surface area contributed by atoms with Crippen molar-refractivity contribution >= 4 is 34.3 Å². The van der Waals surface area contributed by atoms with E-state index >= 15 is 0 Å². The number of hydrogen-bond acceptors (Lipinski definition) is 6. The van der Waals surface area contributed by atoms with Crippen LogP contribution < -0.4 is 5.32 Å². The van der Waals surface area contributed by atoms with Crippen LogP contribution in [-0.4, -0.2) is 34.3 Å². The summed E-state index contributed by atoms with van der Waals surface area (Å²) in [6, 6.07) is 0. The van der Waals surface area contributed by atoms with Gasteiger partial charge in [-0.25, -0.2) is 9.97 Å². The number of nitrogens with zero attached hydrogens (tertiary/aromatic N) is 2. The molecule has 0 saturated heterocycles. The van der Waals surface area contributed by atoms with Crippen LogP contribution in [0.2, 0.25) is 0 Å². The number of unbranched alkanes of at least 4 members (excludes halogenated alkanes) is 1. The number of amides is 1. The molecule has 2 N–H and O–H groups in total. The summed E-state index contributed by atoms with van der Waals surface area (Å²) in [5.41, 5.74) is -0.821. The van der Waals surface area contributed by atoms with Gasteiger partial charge in [0.25, 0.3) is 5.91 Å². The van der Waals surface area contributed by atoms with E-state index in [0.717, 1.165) is 27.7 Å².